The molecule has 0 N–H and O–H groups in total. The third-order valence-electron chi connectivity index (χ3n) is 1.93. The predicted molar refractivity (Wildman–Crippen MR) is 46.2 cm³/mol. The van der Waals surface area contributed by atoms with Crippen molar-refractivity contribution in [1.29, 1.82) is 0 Å². The van der Waals surface area contributed by atoms with Gasteiger partial charge in [0, 0.05) is 0 Å². The molecule has 0 atom stereocenters. The Morgan fingerprint density at radius 1 is 1.29 bits per heavy atom. The minimum absolute atomic E-state index is 0.164. The summed E-state index contributed by atoms with van der Waals surface area (Å²) >= 11 is 0. The van der Waals surface area contributed by atoms with Gasteiger partial charge in [-0.1, -0.05) is 12.7 Å². The van der Waals surface area contributed by atoms with Gasteiger partial charge in [-0.2, -0.15) is 13.2 Å². The highest BCUT2D eigenvalue weighted by Crippen LogP contribution is 2.31. The minimum atomic E-state index is -4.52. The number of alkyl halides is 3. The van der Waals surface area contributed by atoms with Crippen molar-refractivity contribution in [3.05, 3.63) is 41.2 Å². The quantitative estimate of drug-likeness (QED) is 0.610. The third kappa shape index (κ3) is 1.95. The smallest absolute Gasteiger partial charge is 0.207 e. The summed E-state index contributed by atoms with van der Waals surface area (Å²) < 4.78 is 49.7. The van der Waals surface area contributed by atoms with Crippen LogP contribution in [0.4, 0.5) is 17.6 Å². The van der Waals surface area contributed by atoms with Gasteiger partial charge >= 0.3 is 6.18 Å². The molecular weight excluding hydrogens is 196 g/mol. The van der Waals surface area contributed by atoms with Crippen LogP contribution in [0.2, 0.25) is 0 Å². The van der Waals surface area contributed by atoms with Gasteiger partial charge in [-0.15, -0.1) is 0 Å². The molecule has 4 heteroatoms. The maximum absolute atomic E-state index is 13.0. The van der Waals surface area contributed by atoms with Crippen LogP contribution in [0.15, 0.2) is 18.7 Å². The maximum atomic E-state index is 13.0. The van der Waals surface area contributed by atoms with Crippen LogP contribution in [-0.4, -0.2) is 0 Å². The van der Waals surface area contributed by atoms with Crippen molar-refractivity contribution in [3.63, 3.8) is 0 Å². The molecule has 14 heavy (non-hydrogen) atoms. The van der Waals surface area contributed by atoms with E-state index >= 15 is 0 Å². The highest BCUT2D eigenvalue weighted by Gasteiger charge is 2.31. The summed E-state index contributed by atoms with van der Waals surface area (Å²) in [5.74, 6) is -0.866. The van der Waals surface area contributed by atoms with E-state index in [2.05, 4.69) is 6.58 Å². The van der Waals surface area contributed by atoms with Gasteiger partial charge in [0.15, 0.2) is 0 Å². The Morgan fingerprint density at radius 2 is 1.86 bits per heavy atom. The fourth-order valence-corrected chi connectivity index (χ4v) is 1.08. The Morgan fingerprint density at radius 3 is 2.29 bits per heavy atom. The largest absolute Gasteiger partial charge is 0.416 e. The first-order valence-corrected chi connectivity index (χ1v) is 3.86. The Kier molecular flexibility index (Phi) is 2.64. The molecule has 0 amide bonds. The van der Waals surface area contributed by atoms with Gasteiger partial charge < -0.3 is 0 Å². The van der Waals surface area contributed by atoms with E-state index in [1.807, 2.05) is 0 Å². The van der Waals surface area contributed by atoms with Gasteiger partial charge in [-0.05, 0) is 30.2 Å². The van der Waals surface area contributed by atoms with Crippen LogP contribution < -0.4 is 0 Å². The van der Waals surface area contributed by atoms with Crippen molar-refractivity contribution in [2.75, 3.05) is 0 Å². The first kappa shape index (κ1) is 10.8. The van der Waals surface area contributed by atoms with E-state index in [9.17, 15) is 17.6 Å². The highest BCUT2D eigenvalue weighted by molar-refractivity contribution is 5.53. The molecule has 0 spiro atoms. The predicted octanol–water partition coefficient (Wildman–Crippen LogP) is 3.80. The zero-order valence-electron chi connectivity index (χ0n) is 7.45. The molecule has 0 saturated heterocycles. The monoisotopic (exact) mass is 204 g/mol. The second-order valence-corrected chi connectivity index (χ2v) is 2.87. The summed E-state index contributed by atoms with van der Waals surface area (Å²) in [5, 5.41) is 0. The summed E-state index contributed by atoms with van der Waals surface area (Å²) in [4.78, 5) is 0. The molecule has 0 aromatic heterocycles. The average Bonchev–Trinajstić information content (AvgIpc) is 2.07. The molecule has 0 heterocycles. The zero-order chi connectivity index (χ0) is 10.9. The Labute approximate surface area is 78.9 Å². The lowest BCUT2D eigenvalue weighted by Gasteiger charge is -2.10. The normalized spacial score (nSPS) is 11.5. The molecule has 1 aromatic carbocycles. The summed E-state index contributed by atoms with van der Waals surface area (Å²) in [5.41, 5.74) is -0.652. The fraction of sp³-hybridized carbons (Fsp3) is 0.200. The van der Waals surface area contributed by atoms with Crippen LogP contribution in [0.5, 0.6) is 0 Å². The number of hydrogen-bond acceptors (Lipinski definition) is 0. The molecule has 1 rings (SSSR count). The van der Waals surface area contributed by atoms with Gasteiger partial charge in [0.2, 0.25) is 0 Å². The first-order chi connectivity index (χ1) is 6.36. The summed E-state index contributed by atoms with van der Waals surface area (Å²) in [6, 6.07) is 1.37. The lowest BCUT2D eigenvalue weighted by Crippen LogP contribution is -2.06. The molecule has 0 saturated carbocycles. The number of hydrogen-bond donors (Lipinski definition) is 0. The van der Waals surface area contributed by atoms with Crippen LogP contribution in [0.3, 0.4) is 0 Å². The highest BCUT2D eigenvalue weighted by atomic mass is 19.4. The summed E-state index contributed by atoms with van der Waals surface area (Å²) in [7, 11) is 0. The molecule has 0 aliphatic rings. The van der Waals surface area contributed by atoms with Crippen molar-refractivity contribution >= 4 is 6.08 Å². The van der Waals surface area contributed by atoms with Gasteiger partial charge in [0.1, 0.15) is 5.82 Å². The number of benzene rings is 1. The Bertz CT molecular complexity index is 363. The standard InChI is InChI=1S/C10H8F4/c1-3-7-4-8(10(12,13)14)5-9(11)6(7)2/h3-5H,1H2,2H3. The molecule has 76 valence electrons. The Balaban J connectivity index is 3.37. The van der Waals surface area contributed by atoms with E-state index in [4.69, 9.17) is 0 Å². The molecule has 0 unspecified atom stereocenters. The summed E-state index contributed by atoms with van der Waals surface area (Å²) in [6.07, 6.45) is -3.32. The van der Waals surface area contributed by atoms with E-state index in [1.54, 1.807) is 0 Å². The molecule has 1 aromatic rings. The van der Waals surface area contributed by atoms with Crippen molar-refractivity contribution in [2.45, 2.75) is 13.1 Å². The average molecular weight is 204 g/mol. The lowest BCUT2D eigenvalue weighted by atomic mass is 10.0. The molecule has 0 radical (unpaired) electrons. The van der Waals surface area contributed by atoms with Crippen LogP contribution in [0, 0.1) is 12.7 Å². The van der Waals surface area contributed by atoms with E-state index < -0.39 is 17.6 Å². The maximum Gasteiger partial charge on any atom is 0.416 e. The minimum Gasteiger partial charge on any atom is -0.207 e. The van der Waals surface area contributed by atoms with Crippen molar-refractivity contribution < 1.29 is 17.6 Å². The zero-order valence-corrected chi connectivity index (χ0v) is 7.45. The number of rotatable bonds is 1. The molecule has 0 fully saturated rings. The molecule has 0 aliphatic carbocycles. The van der Waals surface area contributed by atoms with Crippen LogP contribution in [-0.2, 0) is 6.18 Å². The van der Waals surface area contributed by atoms with Crippen molar-refractivity contribution in [1.82, 2.24) is 0 Å². The first-order valence-electron chi connectivity index (χ1n) is 3.86. The molecular formula is C10H8F4. The van der Waals surface area contributed by atoms with Crippen LogP contribution >= 0.6 is 0 Å². The van der Waals surface area contributed by atoms with E-state index in [0.717, 1.165) is 6.07 Å². The van der Waals surface area contributed by atoms with Gasteiger partial charge in [-0.25, -0.2) is 4.39 Å². The SMILES string of the molecule is C=Cc1cc(C(F)(F)F)cc(F)c1C. The summed E-state index contributed by atoms with van der Waals surface area (Å²) in [6.45, 7) is 4.73. The lowest BCUT2D eigenvalue weighted by molar-refractivity contribution is -0.137. The molecule has 0 nitrogen and oxygen atoms in total. The van der Waals surface area contributed by atoms with Crippen molar-refractivity contribution in [3.8, 4) is 0 Å². The van der Waals surface area contributed by atoms with E-state index in [0.29, 0.717) is 6.07 Å². The van der Waals surface area contributed by atoms with Gasteiger partial charge in [-0.3, -0.25) is 0 Å². The molecule has 0 bridgehead atoms. The van der Waals surface area contributed by atoms with E-state index in [-0.39, 0.29) is 11.1 Å². The fourth-order valence-electron chi connectivity index (χ4n) is 1.08. The third-order valence-corrected chi connectivity index (χ3v) is 1.93. The van der Waals surface area contributed by atoms with Gasteiger partial charge in [0.05, 0.1) is 5.56 Å². The second-order valence-electron chi connectivity index (χ2n) is 2.87. The molecule has 0 aliphatic heterocycles. The van der Waals surface area contributed by atoms with E-state index in [1.165, 1.54) is 13.0 Å². The van der Waals surface area contributed by atoms with Gasteiger partial charge in [0.25, 0.3) is 0 Å². The second kappa shape index (κ2) is 3.44. The van der Waals surface area contributed by atoms with Crippen molar-refractivity contribution in [2.24, 2.45) is 0 Å². The van der Waals surface area contributed by atoms with Crippen LogP contribution in [0.25, 0.3) is 6.08 Å². The topological polar surface area (TPSA) is 0 Å². The Hall–Kier alpha value is -1.32. The number of halogens is 4. The van der Waals surface area contributed by atoms with Crippen LogP contribution in [0.1, 0.15) is 16.7 Å².